The van der Waals surface area contributed by atoms with E-state index in [0.29, 0.717) is 36.7 Å². The highest BCUT2D eigenvalue weighted by molar-refractivity contribution is 5.81. The highest BCUT2D eigenvalue weighted by Gasteiger charge is 2.30. The molecule has 2 atom stereocenters. The number of hydrogen-bond donors (Lipinski definition) is 2. The summed E-state index contributed by atoms with van der Waals surface area (Å²) >= 11 is 0. The summed E-state index contributed by atoms with van der Waals surface area (Å²) in [5.74, 6) is -2.21. The van der Waals surface area contributed by atoms with E-state index in [1.54, 1.807) is 0 Å². The molecular formula is C22H34O4. The lowest BCUT2D eigenvalue weighted by molar-refractivity contribution is -0.140. The standard InChI is InChI=1S/C22H34O4/c1-6-16-8-7-9-17(18(21(23)24)12-10-14(2)3)20(16)19(22(25)26)13-11-15(4)5/h7-9,14-15,18-19H,6,10-13H2,1-5H3,(H,23,24)(H,25,26). The summed E-state index contributed by atoms with van der Waals surface area (Å²) in [6, 6.07) is 5.62. The van der Waals surface area contributed by atoms with Gasteiger partial charge in [0.2, 0.25) is 0 Å². The molecule has 2 unspecified atom stereocenters. The lowest BCUT2D eigenvalue weighted by Gasteiger charge is -2.25. The van der Waals surface area contributed by atoms with Gasteiger partial charge in [0, 0.05) is 0 Å². The van der Waals surface area contributed by atoms with Crippen LogP contribution in [-0.2, 0) is 16.0 Å². The van der Waals surface area contributed by atoms with Gasteiger partial charge in [-0.1, -0.05) is 52.8 Å². The smallest absolute Gasteiger partial charge is 0.310 e. The predicted octanol–water partition coefficient (Wildman–Crippen LogP) is 5.46. The van der Waals surface area contributed by atoms with Crippen molar-refractivity contribution in [2.75, 3.05) is 0 Å². The van der Waals surface area contributed by atoms with Gasteiger partial charge in [0.05, 0.1) is 11.8 Å². The third kappa shape index (κ3) is 6.15. The molecule has 2 N–H and O–H groups in total. The van der Waals surface area contributed by atoms with Gasteiger partial charge in [0.15, 0.2) is 0 Å². The molecule has 0 saturated heterocycles. The van der Waals surface area contributed by atoms with Crippen LogP contribution in [0.15, 0.2) is 18.2 Å². The van der Waals surface area contributed by atoms with Crippen LogP contribution >= 0.6 is 0 Å². The van der Waals surface area contributed by atoms with Crippen molar-refractivity contribution >= 4 is 11.9 Å². The van der Waals surface area contributed by atoms with Crippen LogP contribution in [0, 0.1) is 11.8 Å². The lowest BCUT2D eigenvalue weighted by atomic mass is 9.79. The minimum Gasteiger partial charge on any atom is -0.481 e. The van der Waals surface area contributed by atoms with Gasteiger partial charge in [-0.15, -0.1) is 0 Å². The minimum atomic E-state index is -0.867. The Labute approximate surface area is 157 Å². The molecule has 0 spiro atoms. The number of carboxylic acid groups (broad SMARTS) is 2. The molecule has 1 aromatic rings. The van der Waals surface area contributed by atoms with E-state index in [4.69, 9.17) is 0 Å². The lowest BCUT2D eigenvalue weighted by Crippen LogP contribution is -2.21. The van der Waals surface area contributed by atoms with Gasteiger partial charge in [0.25, 0.3) is 0 Å². The Hall–Kier alpha value is -1.84. The zero-order valence-corrected chi connectivity index (χ0v) is 16.8. The Morgan fingerprint density at radius 3 is 1.77 bits per heavy atom. The minimum absolute atomic E-state index is 0.408. The van der Waals surface area contributed by atoms with Crippen molar-refractivity contribution in [1.29, 1.82) is 0 Å². The predicted molar refractivity (Wildman–Crippen MR) is 105 cm³/mol. The van der Waals surface area contributed by atoms with E-state index in [2.05, 4.69) is 27.7 Å². The average Bonchev–Trinajstić information content (AvgIpc) is 2.54. The van der Waals surface area contributed by atoms with Crippen molar-refractivity contribution in [3.8, 4) is 0 Å². The number of aliphatic carboxylic acids is 2. The molecule has 4 nitrogen and oxygen atoms in total. The van der Waals surface area contributed by atoms with Crippen molar-refractivity contribution in [1.82, 2.24) is 0 Å². The van der Waals surface area contributed by atoms with Crippen molar-refractivity contribution < 1.29 is 19.8 Å². The molecule has 0 fully saturated rings. The van der Waals surface area contributed by atoms with E-state index in [9.17, 15) is 19.8 Å². The largest absolute Gasteiger partial charge is 0.481 e. The summed E-state index contributed by atoms with van der Waals surface area (Å²) in [5.41, 5.74) is 2.38. The fourth-order valence-corrected chi connectivity index (χ4v) is 3.47. The SMILES string of the molecule is CCc1cccc(C(CCC(C)C)C(=O)O)c1C(CCC(C)C)C(=O)O. The first kappa shape index (κ1) is 22.2. The van der Waals surface area contributed by atoms with Crippen LogP contribution in [0.1, 0.15) is 88.8 Å². The first-order valence-electron chi connectivity index (χ1n) is 9.76. The van der Waals surface area contributed by atoms with E-state index in [0.717, 1.165) is 24.0 Å². The molecule has 0 heterocycles. The van der Waals surface area contributed by atoms with Gasteiger partial charge in [-0.25, -0.2) is 0 Å². The van der Waals surface area contributed by atoms with Gasteiger partial charge < -0.3 is 10.2 Å². The zero-order valence-electron chi connectivity index (χ0n) is 16.8. The molecule has 1 rings (SSSR count). The third-order valence-corrected chi connectivity index (χ3v) is 5.00. The van der Waals surface area contributed by atoms with Crippen LogP contribution in [0.5, 0.6) is 0 Å². The summed E-state index contributed by atoms with van der Waals surface area (Å²) < 4.78 is 0. The first-order valence-corrected chi connectivity index (χ1v) is 9.76. The maximum Gasteiger partial charge on any atom is 0.310 e. The first-order chi connectivity index (χ1) is 12.2. The maximum atomic E-state index is 12.0. The van der Waals surface area contributed by atoms with Crippen LogP contribution in [0.25, 0.3) is 0 Å². The molecule has 0 bridgehead atoms. The highest BCUT2D eigenvalue weighted by atomic mass is 16.4. The Balaban J connectivity index is 3.42. The molecule has 0 aliphatic rings. The fourth-order valence-electron chi connectivity index (χ4n) is 3.47. The van der Waals surface area contributed by atoms with Crippen LogP contribution in [0.3, 0.4) is 0 Å². The molecular weight excluding hydrogens is 328 g/mol. The topological polar surface area (TPSA) is 74.6 Å². The van der Waals surface area contributed by atoms with Crippen LogP contribution in [0.4, 0.5) is 0 Å². The summed E-state index contributed by atoms with van der Waals surface area (Å²) in [7, 11) is 0. The Bertz CT molecular complexity index is 604. The van der Waals surface area contributed by atoms with E-state index in [-0.39, 0.29) is 0 Å². The van der Waals surface area contributed by atoms with Crippen molar-refractivity contribution in [3.05, 3.63) is 34.9 Å². The second-order valence-corrected chi connectivity index (χ2v) is 8.00. The van der Waals surface area contributed by atoms with E-state index in [1.807, 2.05) is 25.1 Å². The molecule has 0 aliphatic heterocycles. The van der Waals surface area contributed by atoms with Gasteiger partial charge in [-0.05, 0) is 60.6 Å². The second kappa shape index (κ2) is 10.3. The zero-order chi connectivity index (χ0) is 19.9. The van der Waals surface area contributed by atoms with Crippen molar-refractivity contribution in [3.63, 3.8) is 0 Å². The van der Waals surface area contributed by atoms with Crippen LogP contribution < -0.4 is 0 Å². The molecule has 0 aromatic heterocycles. The quantitative estimate of drug-likeness (QED) is 0.548. The van der Waals surface area contributed by atoms with Gasteiger partial charge in [-0.2, -0.15) is 0 Å². The summed E-state index contributed by atoms with van der Waals surface area (Å²) in [4.78, 5) is 24.0. The second-order valence-electron chi connectivity index (χ2n) is 8.00. The normalized spacial score (nSPS) is 13.8. The van der Waals surface area contributed by atoms with E-state index >= 15 is 0 Å². The molecule has 4 heteroatoms. The Kier molecular flexibility index (Phi) is 8.83. The van der Waals surface area contributed by atoms with E-state index < -0.39 is 23.8 Å². The molecule has 146 valence electrons. The van der Waals surface area contributed by atoms with Gasteiger partial charge in [0.1, 0.15) is 0 Å². The Morgan fingerprint density at radius 2 is 1.35 bits per heavy atom. The fraction of sp³-hybridized carbons (Fsp3) is 0.636. The number of benzene rings is 1. The molecule has 1 aromatic carbocycles. The number of carboxylic acids is 2. The third-order valence-electron chi connectivity index (χ3n) is 5.00. The molecule has 26 heavy (non-hydrogen) atoms. The maximum absolute atomic E-state index is 12.0. The van der Waals surface area contributed by atoms with Gasteiger partial charge >= 0.3 is 11.9 Å². The summed E-state index contributed by atoms with van der Waals surface area (Å²) in [6.07, 6.45) is 3.37. The monoisotopic (exact) mass is 362 g/mol. The summed E-state index contributed by atoms with van der Waals surface area (Å²) in [5, 5.41) is 19.7. The van der Waals surface area contributed by atoms with Gasteiger partial charge in [-0.3, -0.25) is 9.59 Å². The molecule has 0 aliphatic carbocycles. The number of aryl methyl sites for hydroxylation is 1. The molecule has 0 saturated carbocycles. The molecule has 0 radical (unpaired) electrons. The number of rotatable bonds is 11. The number of carbonyl (C=O) groups is 2. The average molecular weight is 363 g/mol. The Morgan fingerprint density at radius 1 is 0.846 bits per heavy atom. The highest BCUT2D eigenvalue weighted by Crippen LogP contribution is 2.36. The van der Waals surface area contributed by atoms with Crippen LogP contribution in [0.2, 0.25) is 0 Å². The summed E-state index contributed by atoms with van der Waals surface area (Å²) in [6.45, 7) is 10.3. The number of hydrogen-bond acceptors (Lipinski definition) is 2. The van der Waals surface area contributed by atoms with Crippen molar-refractivity contribution in [2.45, 2.75) is 78.6 Å². The van der Waals surface area contributed by atoms with Crippen LogP contribution in [-0.4, -0.2) is 22.2 Å². The van der Waals surface area contributed by atoms with Crippen molar-refractivity contribution in [2.24, 2.45) is 11.8 Å². The van der Waals surface area contributed by atoms with E-state index in [1.165, 1.54) is 0 Å². The molecule has 0 amide bonds.